The first-order valence-corrected chi connectivity index (χ1v) is 6.85. The number of rotatable bonds is 3. The van der Waals surface area contributed by atoms with E-state index in [1.54, 1.807) is 6.07 Å². The molecule has 0 saturated heterocycles. The lowest BCUT2D eigenvalue weighted by Crippen LogP contribution is -2.15. The number of carbonyl (C=O) groups is 2. The fraction of sp³-hybridized carbons (Fsp3) is 0. The van der Waals surface area contributed by atoms with Crippen LogP contribution in [0, 0.1) is 5.82 Å². The van der Waals surface area contributed by atoms with Gasteiger partial charge in [-0.2, -0.15) is 0 Å². The molecule has 1 amide bonds. The van der Waals surface area contributed by atoms with Crippen molar-refractivity contribution in [3.63, 3.8) is 0 Å². The van der Waals surface area contributed by atoms with Gasteiger partial charge in [-0.3, -0.25) is 4.79 Å². The zero-order valence-electron chi connectivity index (χ0n) is 10.4. The molecule has 0 radical (unpaired) electrons. The molecule has 7 heteroatoms. The van der Waals surface area contributed by atoms with E-state index in [1.807, 2.05) is 0 Å². The van der Waals surface area contributed by atoms with Gasteiger partial charge in [0.2, 0.25) is 0 Å². The number of benzene rings is 2. The predicted molar refractivity (Wildman–Crippen MR) is 80.5 cm³/mol. The highest BCUT2D eigenvalue weighted by Gasteiger charge is 2.15. The van der Waals surface area contributed by atoms with Crippen molar-refractivity contribution < 1.29 is 19.1 Å². The average Bonchev–Trinajstić information content (AvgIpc) is 2.43. The highest BCUT2D eigenvalue weighted by molar-refractivity contribution is 9.10. The third kappa shape index (κ3) is 3.59. The molecule has 0 aromatic heterocycles. The van der Waals surface area contributed by atoms with E-state index >= 15 is 0 Å². The van der Waals surface area contributed by atoms with Crippen LogP contribution in [0.3, 0.4) is 0 Å². The lowest BCUT2D eigenvalue weighted by molar-refractivity contribution is 0.0698. The van der Waals surface area contributed by atoms with Crippen LogP contribution in [0.4, 0.5) is 10.1 Å². The Morgan fingerprint density at radius 2 is 1.90 bits per heavy atom. The van der Waals surface area contributed by atoms with Crippen LogP contribution < -0.4 is 5.32 Å². The zero-order chi connectivity index (χ0) is 15.6. The molecule has 2 aromatic rings. The molecule has 0 atom stereocenters. The van der Waals surface area contributed by atoms with Crippen molar-refractivity contribution in [2.24, 2.45) is 0 Å². The molecule has 108 valence electrons. The van der Waals surface area contributed by atoms with Gasteiger partial charge < -0.3 is 10.4 Å². The van der Waals surface area contributed by atoms with Gasteiger partial charge in [0.25, 0.3) is 5.91 Å². The summed E-state index contributed by atoms with van der Waals surface area (Å²) in [6, 6.07) is 7.98. The van der Waals surface area contributed by atoms with Gasteiger partial charge in [-0.1, -0.05) is 27.5 Å². The lowest BCUT2D eigenvalue weighted by Gasteiger charge is -2.09. The number of carbonyl (C=O) groups excluding carboxylic acids is 1. The molecule has 0 saturated carbocycles. The number of halogens is 3. The molecule has 0 unspecified atom stereocenters. The Morgan fingerprint density at radius 3 is 2.52 bits per heavy atom. The van der Waals surface area contributed by atoms with Crippen LogP contribution in [-0.2, 0) is 0 Å². The summed E-state index contributed by atoms with van der Waals surface area (Å²) in [7, 11) is 0. The minimum atomic E-state index is -1.19. The van der Waals surface area contributed by atoms with Gasteiger partial charge in [0.05, 0.1) is 16.3 Å². The number of nitrogens with one attached hydrogen (secondary N) is 1. The molecular weight excluding hydrogens is 365 g/mol. The molecule has 4 nitrogen and oxygen atoms in total. The van der Waals surface area contributed by atoms with Gasteiger partial charge >= 0.3 is 5.97 Å². The number of hydrogen-bond donors (Lipinski definition) is 2. The minimum Gasteiger partial charge on any atom is -0.478 e. The molecule has 0 aliphatic carbocycles. The Bertz CT molecular complexity index is 736. The molecule has 0 fully saturated rings. The number of amides is 1. The summed E-state index contributed by atoms with van der Waals surface area (Å²) < 4.78 is 13.9. The lowest BCUT2D eigenvalue weighted by atomic mass is 10.1. The number of anilines is 1. The normalized spacial score (nSPS) is 10.2. The van der Waals surface area contributed by atoms with E-state index in [9.17, 15) is 14.0 Å². The molecule has 2 aromatic carbocycles. The largest absolute Gasteiger partial charge is 0.478 e. The Morgan fingerprint density at radius 1 is 1.19 bits per heavy atom. The van der Waals surface area contributed by atoms with Gasteiger partial charge in [-0.15, -0.1) is 0 Å². The summed E-state index contributed by atoms with van der Waals surface area (Å²) in [6.45, 7) is 0. The van der Waals surface area contributed by atoms with Crippen molar-refractivity contribution in [1.82, 2.24) is 0 Å². The van der Waals surface area contributed by atoms with Crippen molar-refractivity contribution in [1.29, 1.82) is 0 Å². The van der Waals surface area contributed by atoms with Crippen LogP contribution in [0.25, 0.3) is 0 Å². The Labute approximate surface area is 132 Å². The van der Waals surface area contributed by atoms with E-state index in [2.05, 4.69) is 21.2 Å². The number of aromatic carboxylic acids is 1. The fourth-order valence-electron chi connectivity index (χ4n) is 1.63. The first kappa shape index (κ1) is 15.5. The first-order valence-electron chi connectivity index (χ1n) is 5.67. The van der Waals surface area contributed by atoms with Gasteiger partial charge in [-0.05, 0) is 36.4 Å². The SMILES string of the molecule is O=C(Nc1ccc(Br)cc1C(=O)O)c1ccc(Cl)c(F)c1. The van der Waals surface area contributed by atoms with Crippen LogP contribution in [0.2, 0.25) is 5.02 Å². The van der Waals surface area contributed by atoms with E-state index in [4.69, 9.17) is 16.7 Å². The molecule has 0 aliphatic rings. The second kappa shape index (κ2) is 6.24. The van der Waals surface area contributed by atoms with Gasteiger partial charge in [-0.25, -0.2) is 9.18 Å². The Balaban J connectivity index is 2.31. The van der Waals surface area contributed by atoms with Crippen LogP contribution in [0.1, 0.15) is 20.7 Å². The van der Waals surface area contributed by atoms with Crippen molar-refractivity contribution in [3.05, 3.63) is 62.8 Å². The maximum atomic E-state index is 13.3. The zero-order valence-corrected chi connectivity index (χ0v) is 12.7. The molecule has 2 N–H and O–H groups in total. The quantitative estimate of drug-likeness (QED) is 0.849. The van der Waals surface area contributed by atoms with E-state index in [-0.39, 0.29) is 21.8 Å². The van der Waals surface area contributed by atoms with Gasteiger partial charge in [0.1, 0.15) is 5.82 Å². The number of hydrogen-bond acceptors (Lipinski definition) is 2. The molecule has 0 heterocycles. The van der Waals surface area contributed by atoms with Crippen LogP contribution in [-0.4, -0.2) is 17.0 Å². The Kier molecular flexibility index (Phi) is 4.59. The molecule has 21 heavy (non-hydrogen) atoms. The highest BCUT2D eigenvalue weighted by Crippen LogP contribution is 2.22. The summed E-state index contributed by atoms with van der Waals surface area (Å²) >= 11 is 8.69. The third-order valence-corrected chi connectivity index (χ3v) is 3.44. The first-order chi connectivity index (χ1) is 9.88. The minimum absolute atomic E-state index is 0.0381. The molecule has 0 bridgehead atoms. The van der Waals surface area contributed by atoms with Gasteiger partial charge in [0, 0.05) is 10.0 Å². The molecular formula is C14H8BrClFNO3. The number of carboxylic acid groups (broad SMARTS) is 1. The van der Waals surface area contributed by atoms with Crippen LogP contribution >= 0.6 is 27.5 Å². The van der Waals surface area contributed by atoms with Crippen molar-refractivity contribution in [2.45, 2.75) is 0 Å². The van der Waals surface area contributed by atoms with Gasteiger partial charge in [0.15, 0.2) is 0 Å². The number of carboxylic acids is 1. The summed E-state index contributed by atoms with van der Waals surface area (Å²) in [6.07, 6.45) is 0. The van der Waals surface area contributed by atoms with Crippen molar-refractivity contribution in [2.75, 3.05) is 5.32 Å². The topological polar surface area (TPSA) is 66.4 Å². The van der Waals surface area contributed by atoms with E-state index < -0.39 is 17.7 Å². The maximum Gasteiger partial charge on any atom is 0.337 e. The second-order valence-corrected chi connectivity index (χ2v) is 5.40. The fourth-order valence-corrected chi connectivity index (χ4v) is 2.11. The van der Waals surface area contributed by atoms with Crippen LogP contribution in [0.5, 0.6) is 0 Å². The highest BCUT2D eigenvalue weighted by atomic mass is 79.9. The summed E-state index contributed by atoms with van der Waals surface area (Å²) in [5, 5.41) is 11.4. The standard InChI is InChI=1S/C14H8BrClFNO3/c15-8-2-4-12(9(6-8)14(20)21)18-13(19)7-1-3-10(16)11(17)5-7/h1-6H,(H,18,19)(H,20,21). The van der Waals surface area contributed by atoms with E-state index in [0.717, 1.165) is 6.07 Å². The molecule has 0 spiro atoms. The maximum absolute atomic E-state index is 13.3. The van der Waals surface area contributed by atoms with Crippen molar-refractivity contribution in [3.8, 4) is 0 Å². The molecule has 2 rings (SSSR count). The summed E-state index contributed by atoms with van der Waals surface area (Å²) in [5.74, 6) is -2.54. The second-order valence-electron chi connectivity index (χ2n) is 4.08. The predicted octanol–water partition coefficient (Wildman–Crippen LogP) is 4.19. The van der Waals surface area contributed by atoms with Crippen molar-refractivity contribution >= 4 is 45.1 Å². The van der Waals surface area contributed by atoms with E-state index in [1.165, 1.54) is 24.3 Å². The molecule has 0 aliphatic heterocycles. The Hall–Kier alpha value is -1.92. The third-order valence-electron chi connectivity index (χ3n) is 2.64. The van der Waals surface area contributed by atoms with Crippen LogP contribution in [0.15, 0.2) is 40.9 Å². The monoisotopic (exact) mass is 371 g/mol. The summed E-state index contributed by atoms with van der Waals surface area (Å²) in [5.41, 5.74) is 0.0781. The van der Waals surface area contributed by atoms with E-state index in [0.29, 0.717) is 4.47 Å². The average molecular weight is 373 g/mol. The smallest absolute Gasteiger partial charge is 0.337 e. The summed E-state index contributed by atoms with van der Waals surface area (Å²) in [4.78, 5) is 23.2.